The summed E-state index contributed by atoms with van der Waals surface area (Å²) >= 11 is 1.41. The average Bonchev–Trinajstić information content (AvgIpc) is 3.60. The summed E-state index contributed by atoms with van der Waals surface area (Å²) in [5, 5.41) is 12.1. The maximum atomic E-state index is 13.0. The van der Waals surface area contributed by atoms with Crippen molar-refractivity contribution in [2.45, 2.75) is 30.6 Å². The van der Waals surface area contributed by atoms with E-state index in [1.54, 1.807) is 30.5 Å². The first-order valence-corrected chi connectivity index (χ1v) is 13.0. The van der Waals surface area contributed by atoms with E-state index < -0.39 is 11.7 Å². The minimum absolute atomic E-state index is 0.0293. The van der Waals surface area contributed by atoms with Crippen molar-refractivity contribution >= 4 is 17.7 Å². The van der Waals surface area contributed by atoms with E-state index >= 15 is 0 Å². The summed E-state index contributed by atoms with van der Waals surface area (Å²) in [5.74, 6) is 1.17. The van der Waals surface area contributed by atoms with Gasteiger partial charge in [0.2, 0.25) is 5.82 Å². The zero-order chi connectivity index (χ0) is 27.4. The number of alkyl halides is 3. The maximum absolute atomic E-state index is 13.0. The van der Waals surface area contributed by atoms with Gasteiger partial charge in [0, 0.05) is 17.9 Å². The largest absolute Gasteiger partial charge is 0.461 e. The van der Waals surface area contributed by atoms with Crippen molar-refractivity contribution in [3.63, 3.8) is 0 Å². The van der Waals surface area contributed by atoms with Crippen LogP contribution in [0.1, 0.15) is 32.6 Å². The third-order valence-corrected chi connectivity index (χ3v) is 6.94. The zero-order valence-electron chi connectivity index (χ0n) is 20.8. The molecular weight excluding hydrogens is 525 g/mol. The molecule has 0 bridgehead atoms. The Labute approximate surface area is 226 Å². The molecule has 0 radical (unpaired) electrons. The molecule has 2 heterocycles. The highest BCUT2D eigenvalue weighted by atomic mass is 32.2. The molecule has 39 heavy (non-hydrogen) atoms. The molecule has 6 nitrogen and oxygen atoms in total. The lowest BCUT2D eigenvalue weighted by molar-refractivity contribution is -0.137. The molecule has 3 aromatic carbocycles. The van der Waals surface area contributed by atoms with Gasteiger partial charge in [0.05, 0.1) is 17.5 Å². The van der Waals surface area contributed by atoms with Gasteiger partial charge in [-0.25, -0.2) is 0 Å². The van der Waals surface area contributed by atoms with Gasteiger partial charge in [0.25, 0.3) is 5.91 Å². The molecule has 5 rings (SSSR count). The minimum atomic E-state index is -4.44. The second-order valence-corrected chi connectivity index (χ2v) is 9.73. The highest BCUT2D eigenvalue weighted by Crippen LogP contribution is 2.31. The van der Waals surface area contributed by atoms with Crippen LogP contribution in [0, 0.1) is 6.92 Å². The molecule has 198 valence electrons. The molecule has 0 fully saturated rings. The number of carbonyl (C=O) groups excluding carboxylic acids is 1. The first-order chi connectivity index (χ1) is 18.8. The minimum Gasteiger partial charge on any atom is -0.461 e. The lowest BCUT2D eigenvalue weighted by Crippen LogP contribution is -2.24. The standard InChI is InChI=1S/C29H23F3N4O2S/c1-19-7-4-11-23(15-19)36-26(25-13-6-14-38-25)34-35-28(36)39-18-21-9-2-3-12-24(21)27(37)33-17-20-8-5-10-22(16-20)29(30,31)32/h2-16H,17-18H2,1H3,(H,33,37). The van der Waals surface area contributed by atoms with E-state index in [9.17, 15) is 18.0 Å². The Bertz CT molecular complexity index is 1600. The maximum Gasteiger partial charge on any atom is 0.416 e. The van der Waals surface area contributed by atoms with Crippen molar-refractivity contribution in [3.8, 4) is 17.3 Å². The molecule has 5 aromatic rings. The molecule has 0 saturated carbocycles. The fraction of sp³-hybridized carbons (Fsp3) is 0.138. The Balaban J connectivity index is 1.35. The fourth-order valence-electron chi connectivity index (χ4n) is 4.07. The Hall–Kier alpha value is -4.31. The Morgan fingerprint density at radius 1 is 0.974 bits per heavy atom. The summed E-state index contributed by atoms with van der Waals surface area (Å²) in [6, 6.07) is 23.6. The summed E-state index contributed by atoms with van der Waals surface area (Å²) in [6.07, 6.45) is -2.87. The second kappa shape index (κ2) is 11.2. The van der Waals surface area contributed by atoms with Crippen molar-refractivity contribution in [2.75, 3.05) is 0 Å². The number of rotatable bonds is 8. The molecule has 10 heteroatoms. The normalized spacial score (nSPS) is 11.5. The SMILES string of the molecule is Cc1cccc(-n2c(SCc3ccccc3C(=O)NCc3cccc(C(F)(F)F)c3)nnc2-c2ccco2)c1. The van der Waals surface area contributed by atoms with E-state index in [1.807, 2.05) is 54.0 Å². The molecule has 0 atom stereocenters. The van der Waals surface area contributed by atoms with Crippen molar-refractivity contribution in [1.29, 1.82) is 0 Å². The lowest BCUT2D eigenvalue weighted by Gasteiger charge is -2.13. The van der Waals surface area contributed by atoms with Crippen molar-refractivity contribution < 1.29 is 22.4 Å². The Morgan fingerprint density at radius 3 is 2.56 bits per heavy atom. The predicted octanol–water partition coefficient (Wildman–Crippen LogP) is 7.08. The smallest absolute Gasteiger partial charge is 0.416 e. The molecule has 2 aromatic heterocycles. The van der Waals surface area contributed by atoms with Gasteiger partial charge in [-0.05, 0) is 66.1 Å². The number of nitrogens with zero attached hydrogens (tertiary/aromatic N) is 3. The van der Waals surface area contributed by atoms with Gasteiger partial charge in [-0.15, -0.1) is 10.2 Å². The summed E-state index contributed by atoms with van der Waals surface area (Å²) in [6.45, 7) is 1.97. The summed E-state index contributed by atoms with van der Waals surface area (Å²) < 4.78 is 46.6. The molecule has 0 unspecified atom stereocenters. The number of benzene rings is 3. The van der Waals surface area contributed by atoms with Gasteiger partial charge in [0.15, 0.2) is 10.9 Å². The van der Waals surface area contributed by atoms with Crippen LogP contribution in [0.25, 0.3) is 17.3 Å². The van der Waals surface area contributed by atoms with Crippen LogP contribution in [0.3, 0.4) is 0 Å². The molecular formula is C29H23F3N4O2S. The lowest BCUT2D eigenvalue weighted by atomic mass is 10.1. The zero-order valence-corrected chi connectivity index (χ0v) is 21.6. The van der Waals surface area contributed by atoms with Crippen LogP contribution in [0.5, 0.6) is 0 Å². The molecule has 0 aliphatic heterocycles. The molecule has 0 aliphatic carbocycles. The first-order valence-electron chi connectivity index (χ1n) is 12.0. The quantitative estimate of drug-likeness (QED) is 0.210. The molecule has 0 aliphatic rings. The second-order valence-electron chi connectivity index (χ2n) is 8.78. The number of hydrogen-bond acceptors (Lipinski definition) is 5. The van der Waals surface area contributed by atoms with E-state index in [4.69, 9.17) is 4.42 Å². The van der Waals surface area contributed by atoms with Gasteiger partial charge in [-0.3, -0.25) is 9.36 Å². The van der Waals surface area contributed by atoms with Gasteiger partial charge < -0.3 is 9.73 Å². The van der Waals surface area contributed by atoms with Crippen molar-refractivity contribution in [3.05, 3.63) is 119 Å². The fourth-order valence-corrected chi connectivity index (χ4v) is 5.03. The number of carbonyl (C=O) groups is 1. The van der Waals surface area contributed by atoms with E-state index in [-0.39, 0.29) is 12.5 Å². The number of aryl methyl sites for hydroxylation is 1. The predicted molar refractivity (Wildman–Crippen MR) is 142 cm³/mol. The van der Waals surface area contributed by atoms with Crippen molar-refractivity contribution in [2.24, 2.45) is 0 Å². The average molecular weight is 549 g/mol. The van der Waals surface area contributed by atoms with Crippen LogP contribution in [-0.4, -0.2) is 20.7 Å². The topological polar surface area (TPSA) is 73.0 Å². The van der Waals surface area contributed by atoms with Crippen LogP contribution in [0.2, 0.25) is 0 Å². The number of thioether (sulfide) groups is 1. The number of halogens is 3. The molecule has 1 N–H and O–H groups in total. The summed E-state index contributed by atoms with van der Waals surface area (Å²) in [7, 11) is 0. The number of nitrogens with one attached hydrogen (secondary N) is 1. The molecule has 1 amide bonds. The Kier molecular flexibility index (Phi) is 7.56. The van der Waals surface area contributed by atoms with Crippen LogP contribution in [-0.2, 0) is 18.5 Å². The van der Waals surface area contributed by atoms with Crippen LogP contribution in [0.4, 0.5) is 13.2 Å². The van der Waals surface area contributed by atoms with E-state index in [1.165, 1.54) is 17.8 Å². The third kappa shape index (κ3) is 6.06. The third-order valence-electron chi connectivity index (χ3n) is 5.96. The van der Waals surface area contributed by atoms with Crippen LogP contribution < -0.4 is 5.32 Å². The molecule has 0 spiro atoms. The van der Waals surface area contributed by atoms with E-state index in [0.29, 0.717) is 33.6 Å². The van der Waals surface area contributed by atoms with E-state index in [0.717, 1.165) is 28.9 Å². The van der Waals surface area contributed by atoms with Gasteiger partial charge >= 0.3 is 6.18 Å². The summed E-state index contributed by atoms with van der Waals surface area (Å²) in [4.78, 5) is 13.0. The number of aromatic nitrogens is 3. The highest BCUT2D eigenvalue weighted by Gasteiger charge is 2.30. The monoisotopic (exact) mass is 548 g/mol. The highest BCUT2D eigenvalue weighted by molar-refractivity contribution is 7.98. The first kappa shape index (κ1) is 26.3. The number of hydrogen-bond donors (Lipinski definition) is 1. The Morgan fingerprint density at radius 2 is 1.79 bits per heavy atom. The van der Waals surface area contributed by atoms with Gasteiger partial charge in [0.1, 0.15) is 0 Å². The van der Waals surface area contributed by atoms with Crippen LogP contribution >= 0.6 is 11.8 Å². The number of amides is 1. The van der Waals surface area contributed by atoms with Crippen LogP contribution in [0.15, 0.2) is 101 Å². The number of furan rings is 1. The summed E-state index contributed by atoms with van der Waals surface area (Å²) in [5.41, 5.74) is 2.75. The van der Waals surface area contributed by atoms with E-state index in [2.05, 4.69) is 15.5 Å². The molecule has 0 saturated heterocycles. The van der Waals surface area contributed by atoms with Gasteiger partial charge in [-0.2, -0.15) is 13.2 Å². The van der Waals surface area contributed by atoms with Gasteiger partial charge in [-0.1, -0.05) is 54.2 Å². The van der Waals surface area contributed by atoms with Crippen molar-refractivity contribution in [1.82, 2.24) is 20.1 Å².